The number of nitrogens with zero attached hydrogens (tertiary/aromatic N) is 1. The molecule has 0 spiro atoms. The van der Waals surface area contributed by atoms with E-state index in [9.17, 15) is 14.4 Å². The minimum Gasteiger partial charge on any atom is -0.340 e. The summed E-state index contributed by atoms with van der Waals surface area (Å²) in [5.74, 6) is -0.461. The molecular weight excluding hydrogens is 340 g/mol. The summed E-state index contributed by atoms with van der Waals surface area (Å²) in [7, 11) is 0. The van der Waals surface area contributed by atoms with Crippen molar-refractivity contribution in [2.45, 2.75) is 59.0 Å². The largest absolute Gasteiger partial charge is 0.340 e. The van der Waals surface area contributed by atoms with Gasteiger partial charge in [0.15, 0.2) is 0 Å². The molecule has 1 unspecified atom stereocenters. The molecule has 1 aliphatic carbocycles. The molecule has 0 aromatic rings. The lowest BCUT2D eigenvalue weighted by molar-refractivity contribution is -0.140. The fourth-order valence-electron chi connectivity index (χ4n) is 3.25. The standard InChI is InChI=1S/C19H27ClN2O3/c1-12-7-5-9-14(15(12)20)17(24)21-16(19(2,3)4)18(25)22-10-6-8-13(22)11-23/h5,9,11-13,16H,6-8,10H2,1-4H3,(H,21,24)/t12?,13-,16+/m0/s1. The van der Waals surface area contributed by atoms with Crippen LogP contribution in [0.5, 0.6) is 0 Å². The Bertz CT molecular complexity index is 619. The van der Waals surface area contributed by atoms with Gasteiger partial charge >= 0.3 is 0 Å². The fourth-order valence-corrected chi connectivity index (χ4v) is 3.49. The number of allylic oxidation sites excluding steroid dienone is 2. The van der Waals surface area contributed by atoms with E-state index in [0.29, 0.717) is 23.6 Å². The van der Waals surface area contributed by atoms with Gasteiger partial charge in [-0.3, -0.25) is 9.59 Å². The summed E-state index contributed by atoms with van der Waals surface area (Å²) in [4.78, 5) is 38.6. The summed E-state index contributed by atoms with van der Waals surface area (Å²) < 4.78 is 0. The molecular formula is C19H27ClN2O3. The highest BCUT2D eigenvalue weighted by molar-refractivity contribution is 6.32. The van der Waals surface area contributed by atoms with Crippen LogP contribution in [0.3, 0.4) is 0 Å². The number of carbonyl (C=O) groups is 3. The van der Waals surface area contributed by atoms with E-state index < -0.39 is 17.5 Å². The number of aldehydes is 1. The smallest absolute Gasteiger partial charge is 0.253 e. The SMILES string of the molecule is CC1CC=CC(C(=O)N[C@H](C(=O)N2CCC[C@H]2C=O)C(C)(C)C)=C1Cl. The summed E-state index contributed by atoms with van der Waals surface area (Å²) in [6.45, 7) is 8.21. The molecule has 0 saturated carbocycles. The molecule has 1 N–H and O–H groups in total. The predicted octanol–water partition coefficient (Wildman–Crippen LogP) is 2.80. The van der Waals surface area contributed by atoms with E-state index >= 15 is 0 Å². The summed E-state index contributed by atoms with van der Waals surface area (Å²) in [5, 5.41) is 3.38. The maximum atomic E-state index is 13.0. The lowest BCUT2D eigenvalue weighted by Crippen LogP contribution is -2.56. The maximum absolute atomic E-state index is 13.0. The van der Waals surface area contributed by atoms with Crippen molar-refractivity contribution in [2.24, 2.45) is 11.3 Å². The number of amides is 2. The Morgan fingerprint density at radius 1 is 1.40 bits per heavy atom. The van der Waals surface area contributed by atoms with E-state index in [1.54, 1.807) is 11.0 Å². The van der Waals surface area contributed by atoms with Crippen LogP contribution in [0.1, 0.15) is 47.0 Å². The average molecular weight is 367 g/mol. The molecule has 1 fully saturated rings. The Morgan fingerprint density at radius 2 is 2.08 bits per heavy atom. The average Bonchev–Trinajstić information content (AvgIpc) is 3.02. The maximum Gasteiger partial charge on any atom is 0.253 e. The van der Waals surface area contributed by atoms with Crippen LogP contribution < -0.4 is 5.32 Å². The van der Waals surface area contributed by atoms with Crippen LogP contribution in [-0.4, -0.2) is 41.6 Å². The van der Waals surface area contributed by atoms with Gasteiger partial charge in [-0.2, -0.15) is 0 Å². The van der Waals surface area contributed by atoms with Crippen LogP contribution >= 0.6 is 11.6 Å². The third kappa shape index (κ3) is 4.32. The monoisotopic (exact) mass is 366 g/mol. The third-order valence-electron chi connectivity index (χ3n) is 4.84. The molecule has 2 amide bonds. The topological polar surface area (TPSA) is 66.5 Å². The van der Waals surface area contributed by atoms with Crippen LogP contribution in [0.25, 0.3) is 0 Å². The number of carbonyl (C=O) groups excluding carboxylic acids is 3. The quantitative estimate of drug-likeness (QED) is 0.778. The first kappa shape index (κ1) is 19.7. The van der Waals surface area contributed by atoms with Crippen LogP contribution in [0.2, 0.25) is 0 Å². The zero-order valence-corrected chi connectivity index (χ0v) is 16.1. The molecule has 0 aromatic carbocycles. The first-order chi connectivity index (χ1) is 11.7. The molecule has 2 rings (SSSR count). The van der Waals surface area contributed by atoms with Gasteiger partial charge in [0.05, 0.1) is 11.6 Å². The van der Waals surface area contributed by atoms with Crippen molar-refractivity contribution < 1.29 is 14.4 Å². The first-order valence-corrected chi connectivity index (χ1v) is 9.17. The van der Waals surface area contributed by atoms with Gasteiger partial charge in [-0.05, 0) is 30.6 Å². The summed E-state index contributed by atoms with van der Waals surface area (Å²) in [6.07, 6.45) is 6.73. The van der Waals surface area contributed by atoms with Crippen LogP contribution in [0.4, 0.5) is 0 Å². The summed E-state index contributed by atoms with van der Waals surface area (Å²) in [6, 6.07) is -1.12. The molecule has 0 aromatic heterocycles. The molecule has 1 heterocycles. The van der Waals surface area contributed by atoms with E-state index in [2.05, 4.69) is 5.32 Å². The van der Waals surface area contributed by atoms with E-state index in [0.717, 1.165) is 19.1 Å². The molecule has 25 heavy (non-hydrogen) atoms. The fraction of sp³-hybridized carbons (Fsp3) is 0.632. The highest BCUT2D eigenvalue weighted by atomic mass is 35.5. The number of likely N-dealkylation sites (tertiary alicyclic amines) is 1. The Morgan fingerprint density at radius 3 is 2.68 bits per heavy atom. The lowest BCUT2D eigenvalue weighted by Gasteiger charge is -2.35. The van der Waals surface area contributed by atoms with Gasteiger partial charge in [0, 0.05) is 11.6 Å². The molecule has 2 aliphatic rings. The van der Waals surface area contributed by atoms with Crippen molar-refractivity contribution in [1.29, 1.82) is 0 Å². The highest BCUT2D eigenvalue weighted by Gasteiger charge is 2.40. The molecule has 1 saturated heterocycles. The molecule has 138 valence electrons. The van der Waals surface area contributed by atoms with Gasteiger partial charge < -0.3 is 15.0 Å². The van der Waals surface area contributed by atoms with Crippen LogP contribution in [-0.2, 0) is 14.4 Å². The Hall–Kier alpha value is -1.62. The van der Waals surface area contributed by atoms with Gasteiger partial charge in [-0.15, -0.1) is 0 Å². The molecule has 6 heteroatoms. The molecule has 0 radical (unpaired) electrons. The van der Waals surface area contributed by atoms with Crippen molar-refractivity contribution in [3.63, 3.8) is 0 Å². The second-order valence-electron chi connectivity index (χ2n) is 7.95. The molecule has 3 atom stereocenters. The Kier molecular flexibility index (Phi) is 6.09. The van der Waals surface area contributed by atoms with E-state index in [1.807, 2.05) is 33.8 Å². The van der Waals surface area contributed by atoms with Crippen molar-refractivity contribution in [1.82, 2.24) is 10.2 Å². The summed E-state index contributed by atoms with van der Waals surface area (Å²) >= 11 is 6.30. The first-order valence-electron chi connectivity index (χ1n) is 8.79. The zero-order valence-electron chi connectivity index (χ0n) is 15.3. The van der Waals surface area contributed by atoms with E-state index in [1.165, 1.54) is 0 Å². The van der Waals surface area contributed by atoms with Crippen LogP contribution in [0.15, 0.2) is 22.8 Å². The second kappa shape index (κ2) is 7.73. The van der Waals surface area contributed by atoms with Crippen molar-refractivity contribution >= 4 is 29.7 Å². The molecule has 1 aliphatic heterocycles. The molecule has 5 nitrogen and oxygen atoms in total. The zero-order chi connectivity index (χ0) is 18.8. The van der Waals surface area contributed by atoms with Crippen molar-refractivity contribution in [3.05, 3.63) is 22.8 Å². The van der Waals surface area contributed by atoms with Gasteiger partial charge in [-0.25, -0.2) is 0 Å². The van der Waals surface area contributed by atoms with Crippen molar-refractivity contribution in [3.8, 4) is 0 Å². The summed E-state index contributed by atoms with van der Waals surface area (Å²) in [5.41, 5.74) is -0.0735. The second-order valence-corrected chi connectivity index (χ2v) is 8.36. The van der Waals surface area contributed by atoms with E-state index in [4.69, 9.17) is 11.6 Å². The van der Waals surface area contributed by atoms with Crippen LogP contribution in [0, 0.1) is 11.3 Å². The number of nitrogens with one attached hydrogen (secondary N) is 1. The van der Waals surface area contributed by atoms with Gasteiger partial charge in [0.25, 0.3) is 5.91 Å². The van der Waals surface area contributed by atoms with E-state index in [-0.39, 0.29) is 17.7 Å². The predicted molar refractivity (Wildman–Crippen MR) is 98.0 cm³/mol. The lowest BCUT2D eigenvalue weighted by atomic mass is 9.85. The number of rotatable bonds is 4. The normalized spacial score (nSPS) is 25.1. The number of hydrogen-bond acceptors (Lipinski definition) is 3. The van der Waals surface area contributed by atoms with Gasteiger partial charge in [0.2, 0.25) is 5.91 Å². The van der Waals surface area contributed by atoms with Crippen molar-refractivity contribution in [2.75, 3.05) is 6.54 Å². The van der Waals surface area contributed by atoms with Gasteiger partial charge in [0.1, 0.15) is 12.3 Å². The highest BCUT2D eigenvalue weighted by Crippen LogP contribution is 2.30. The minimum absolute atomic E-state index is 0.0919. The Labute approximate surface area is 154 Å². The number of hydrogen-bond donors (Lipinski definition) is 1. The minimum atomic E-state index is -0.719. The third-order valence-corrected chi connectivity index (χ3v) is 5.41. The Balaban J connectivity index is 2.23. The van der Waals surface area contributed by atoms with Gasteiger partial charge in [-0.1, -0.05) is 51.4 Å². The molecule has 0 bridgehead atoms. The number of halogens is 1.